The average molecular weight is 278 g/mol. The summed E-state index contributed by atoms with van der Waals surface area (Å²) in [7, 11) is 1.69. The Hall–Kier alpha value is -1.26. The van der Waals surface area contributed by atoms with Gasteiger partial charge >= 0.3 is 0 Å². The summed E-state index contributed by atoms with van der Waals surface area (Å²) in [5, 5.41) is 3.37. The van der Waals surface area contributed by atoms with Crippen molar-refractivity contribution in [2.75, 3.05) is 56.8 Å². The van der Waals surface area contributed by atoms with Crippen LogP contribution >= 0.6 is 0 Å². The van der Waals surface area contributed by atoms with Gasteiger partial charge in [0.1, 0.15) is 0 Å². The van der Waals surface area contributed by atoms with Crippen molar-refractivity contribution in [3.63, 3.8) is 0 Å². The second-order valence-electron chi connectivity index (χ2n) is 5.13. The number of nitrogens with zero attached hydrogens (tertiary/aromatic N) is 1. The van der Waals surface area contributed by atoms with Crippen molar-refractivity contribution in [2.24, 2.45) is 0 Å². The summed E-state index contributed by atoms with van der Waals surface area (Å²) in [6, 6.07) is 8.72. The van der Waals surface area contributed by atoms with Crippen molar-refractivity contribution in [3.8, 4) is 0 Å². The summed E-state index contributed by atoms with van der Waals surface area (Å²) in [6.07, 6.45) is 4.01. The Balaban J connectivity index is 1.68. The Morgan fingerprint density at radius 1 is 1.00 bits per heavy atom. The third-order valence-corrected chi connectivity index (χ3v) is 3.60. The minimum absolute atomic E-state index is 0.657. The molecule has 0 aliphatic carbocycles. The molecular weight excluding hydrogens is 252 g/mol. The van der Waals surface area contributed by atoms with Crippen LogP contribution in [-0.2, 0) is 9.47 Å². The molecule has 1 heterocycles. The fourth-order valence-corrected chi connectivity index (χ4v) is 2.45. The largest absolute Gasteiger partial charge is 0.383 e. The Morgan fingerprint density at radius 2 is 1.75 bits per heavy atom. The molecule has 1 fully saturated rings. The number of benzene rings is 1. The van der Waals surface area contributed by atoms with Gasteiger partial charge in [0.25, 0.3) is 0 Å². The monoisotopic (exact) mass is 278 g/mol. The zero-order valence-corrected chi connectivity index (χ0v) is 12.4. The van der Waals surface area contributed by atoms with Crippen LogP contribution in [0, 0.1) is 0 Å². The highest BCUT2D eigenvalue weighted by Gasteiger charge is 2.10. The van der Waals surface area contributed by atoms with E-state index in [4.69, 9.17) is 9.47 Å². The van der Waals surface area contributed by atoms with Gasteiger partial charge in [-0.05, 0) is 43.5 Å². The SMILES string of the molecule is COCCOCCNc1ccc(N2CCCCC2)cc1. The van der Waals surface area contributed by atoms with Crippen LogP contribution in [0.25, 0.3) is 0 Å². The first-order chi connectivity index (χ1) is 9.90. The number of nitrogens with one attached hydrogen (secondary N) is 1. The maximum absolute atomic E-state index is 5.42. The molecule has 20 heavy (non-hydrogen) atoms. The molecule has 0 spiro atoms. The normalized spacial score (nSPS) is 15.3. The summed E-state index contributed by atoms with van der Waals surface area (Å²) in [6.45, 7) is 5.24. The van der Waals surface area contributed by atoms with Crippen LogP contribution in [-0.4, -0.2) is 46.6 Å². The first-order valence-electron chi connectivity index (χ1n) is 7.56. The molecule has 1 aliphatic heterocycles. The van der Waals surface area contributed by atoms with E-state index >= 15 is 0 Å². The zero-order chi connectivity index (χ0) is 14.0. The van der Waals surface area contributed by atoms with Gasteiger partial charge in [0.05, 0.1) is 19.8 Å². The van der Waals surface area contributed by atoms with E-state index in [2.05, 4.69) is 34.5 Å². The number of hydrogen-bond donors (Lipinski definition) is 1. The molecule has 0 saturated carbocycles. The van der Waals surface area contributed by atoms with Crippen LogP contribution in [0.3, 0.4) is 0 Å². The second-order valence-corrected chi connectivity index (χ2v) is 5.13. The molecule has 1 aromatic rings. The first kappa shape index (κ1) is 15.1. The number of hydrogen-bond acceptors (Lipinski definition) is 4. The predicted octanol–water partition coefficient (Wildman–Crippen LogP) is 2.75. The lowest BCUT2D eigenvalue weighted by molar-refractivity contribution is 0.0759. The standard InChI is InChI=1S/C16H26N2O2/c1-19-13-14-20-12-9-17-15-5-7-16(8-6-15)18-10-3-2-4-11-18/h5-8,17H,2-4,9-14H2,1H3. The Kier molecular flexibility index (Phi) is 6.68. The van der Waals surface area contributed by atoms with Crippen LogP contribution in [0.5, 0.6) is 0 Å². The lowest BCUT2D eigenvalue weighted by atomic mass is 10.1. The van der Waals surface area contributed by atoms with E-state index in [1.54, 1.807) is 7.11 Å². The number of ether oxygens (including phenoxy) is 2. The molecule has 4 heteroatoms. The Bertz CT molecular complexity index is 361. The molecule has 0 aromatic heterocycles. The minimum atomic E-state index is 0.657. The van der Waals surface area contributed by atoms with Gasteiger partial charge in [-0.15, -0.1) is 0 Å². The number of rotatable bonds is 8. The number of methoxy groups -OCH3 is 1. The number of piperidine rings is 1. The van der Waals surface area contributed by atoms with Gasteiger partial charge in [0, 0.05) is 38.1 Å². The fourth-order valence-electron chi connectivity index (χ4n) is 2.45. The summed E-state index contributed by atoms with van der Waals surface area (Å²) < 4.78 is 10.3. The maximum atomic E-state index is 5.42. The van der Waals surface area contributed by atoms with Crippen molar-refractivity contribution in [1.29, 1.82) is 0 Å². The molecular formula is C16H26N2O2. The van der Waals surface area contributed by atoms with Crippen LogP contribution in [0.15, 0.2) is 24.3 Å². The van der Waals surface area contributed by atoms with Crippen LogP contribution < -0.4 is 10.2 Å². The van der Waals surface area contributed by atoms with Gasteiger partial charge in [0.15, 0.2) is 0 Å². The Labute approximate surface area is 122 Å². The fraction of sp³-hybridized carbons (Fsp3) is 0.625. The molecule has 1 saturated heterocycles. The Morgan fingerprint density at radius 3 is 2.45 bits per heavy atom. The lowest BCUT2D eigenvalue weighted by Gasteiger charge is -2.28. The molecule has 4 nitrogen and oxygen atoms in total. The highest BCUT2D eigenvalue weighted by molar-refractivity contribution is 5.55. The van der Waals surface area contributed by atoms with Crippen molar-refractivity contribution in [2.45, 2.75) is 19.3 Å². The molecule has 0 amide bonds. The first-order valence-corrected chi connectivity index (χ1v) is 7.56. The maximum Gasteiger partial charge on any atom is 0.0701 e. The van der Waals surface area contributed by atoms with Gasteiger partial charge in [0.2, 0.25) is 0 Å². The molecule has 1 aromatic carbocycles. The molecule has 0 unspecified atom stereocenters. The summed E-state index contributed by atoms with van der Waals surface area (Å²) in [5.74, 6) is 0. The van der Waals surface area contributed by atoms with Gasteiger partial charge < -0.3 is 19.7 Å². The third-order valence-electron chi connectivity index (χ3n) is 3.60. The molecule has 0 atom stereocenters. The van der Waals surface area contributed by atoms with Crippen LogP contribution in [0.1, 0.15) is 19.3 Å². The van der Waals surface area contributed by atoms with E-state index in [9.17, 15) is 0 Å². The molecule has 1 aliphatic rings. The topological polar surface area (TPSA) is 33.7 Å². The smallest absolute Gasteiger partial charge is 0.0701 e. The van der Waals surface area contributed by atoms with Crippen molar-refractivity contribution in [1.82, 2.24) is 0 Å². The molecule has 0 bridgehead atoms. The highest BCUT2D eigenvalue weighted by Crippen LogP contribution is 2.21. The molecule has 2 rings (SSSR count). The molecule has 1 N–H and O–H groups in total. The lowest BCUT2D eigenvalue weighted by Crippen LogP contribution is -2.29. The summed E-state index contributed by atoms with van der Waals surface area (Å²) in [4.78, 5) is 2.47. The highest BCUT2D eigenvalue weighted by atomic mass is 16.5. The van der Waals surface area contributed by atoms with Crippen molar-refractivity contribution < 1.29 is 9.47 Å². The van der Waals surface area contributed by atoms with E-state index in [0.717, 1.165) is 12.2 Å². The van der Waals surface area contributed by atoms with Gasteiger partial charge in [-0.3, -0.25) is 0 Å². The van der Waals surface area contributed by atoms with Gasteiger partial charge in [-0.2, -0.15) is 0 Å². The summed E-state index contributed by atoms with van der Waals surface area (Å²) in [5.41, 5.74) is 2.49. The zero-order valence-electron chi connectivity index (χ0n) is 12.4. The van der Waals surface area contributed by atoms with Crippen LogP contribution in [0.4, 0.5) is 11.4 Å². The molecule has 0 radical (unpaired) electrons. The quantitative estimate of drug-likeness (QED) is 0.741. The van der Waals surface area contributed by atoms with E-state index in [1.807, 2.05) is 0 Å². The van der Waals surface area contributed by atoms with Crippen LogP contribution in [0.2, 0.25) is 0 Å². The summed E-state index contributed by atoms with van der Waals surface area (Å²) >= 11 is 0. The third kappa shape index (κ3) is 5.02. The van der Waals surface area contributed by atoms with E-state index in [-0.39, 0.29) is 0 Å². The minimum Gasteiger partial charge on any atom is -0.383 e. The number of anilines is 2. The van der Waals surface area contributed by atoms with E-state index < -0.39 is 0 Å². The molecule has 112 valence electrons. The van der Waals surface area contributed by atoms with E-state index in [1.165, 1.54) is 38.0 Å². The predicted molar refractivity (Wildman–Crippen MR) is 83.7 cm³/mol. The van der Waals surface area contributed by atoms with Gasteiger partial charge in [-0.25, -0.2) is 0 Å². The van der Waals surface area contributed by atoms with Crippen molar-refractivity contribution >= 4 is 11.4 Å². The second kappa shape index (κ2) is 8.82. The van der Waals surface area contributed by atoms with E-state index in [0.29, 0.717) is 19.8 Å². The van der Waals surface area contributed by atoms with Crippen molar-refractivity contribution in [3.05, 3.63) is 24.3 Å². The average Bonchev–Trinajstić information content (AvgIpc) is 2.52. The van der Waals surface area contributed by atoms with Gasteiger partial charge in [-0.1, -0.05) is 0 Å².